The Kier molecular flexibility index (Phi) is 3.41. The van der Waals surface area contributed by atoms with Crippen molar-refractivity contribution >= 4 is 34.0 Å². The molecule has 0 unspecified atom stereocenters. The van der Waals surface area contributed by atoms with E-state index in [1.807, 2.05) is 12.1 Å². The van der Waals surface area contributed by atoms with Crippen LogP contribution in [0, 0.1) is 5.16 Å². The Morgan fingerprint density at radius 3 is 2.47 bits per heavy atom. The number of benzene rings is 1. The molecule has 0 saturated carbocycles. The van der Waals surface area contributed by atoms with Gasteiger partial charge in [0.25, 0.3) is 0 Å². The summed E-state index contributed by atoms with van der Waals surface area (Å²) in [6.45, 7) is 4.22. The Labute approximate surface area is 107 Å². The molecule has 1 aliphatic rings. The molecule has 5 heteroatoms. The van der Waals surface area contributed by atoms with Gasteiger partial charge in [0.2, 0.25) is 0 Å². The van der Waals surface area contributed by atoms with E-state index in [0.29, 0.717) is 8.52 Å². The number of hydrogen-bond donors (Lipinski definition) is 1. The maximum atomic E-state index is 7.24. The van der Waals surface area contributed by atoms with E-state index in [1.54, 1.807) is 0 Å². The zero-order valence-corrected chi connectivity index (χ0v) is 12.5. The van der Waals surface area contributed by atoms with E-state index in [9.17, 15) is 0 Å². The van der Waals surface area contributed by atoms with Gasteiger partial charge in [0.05, 0.1) is 0 Å². The van der Waals surface area contributed by atoms with Crippen molar-refractivity contribution in [3.8, 4) is 5.75 Å². The average molecular weight is 416 g/mol. The fourth-order valence-electron chi connectivity index (χ4n) is 1.93. The summed E-state index contributed by atoms with van der Waals surface area (Å²) < 4.78 is 7.32. The molecule has 2 rings (SSSR count). The normalized spacial score (nSPS) is 19.9. The first-order chi connectivity index (χ1) is 7.18. The molecule has 1 radical (unpaired) electrons. The first-order valence-corrected chi connectivity index (χ1v) is 6.85. The Bertz CT molecular complexity index is 362. The zero-order chi connectivity index (χ0) is 10.9. The molecule has 0 aromatic heterocycles. The monoisotopic (exact) mass is 416 g/mol. The van der Waals surface area contributed by atoms with Crippen LogP contribution in [0.3, 0.4) is 0 Å². The molecule has 0 atom stereocenters. The van der Waals surface area contributed by atoms with E-state index in [-0.39, 0.29) is 5.41 Å². The van der Waals surface area contributed by atoms with E-state index in [1.165, 1.54) is 5.56 Å². The van der Waals surface area contributed by atoms with Crippen molar-refractivity contribution in [1.29, 1.82) is 5.16 Å². The van der Waals surface area contributed by atoms with E-state index in [2.05, 4.69) is 23.7 Å². The molecule has 15 heavy (non-hydrogen) atoms. The summed E-state index contributed by atoms with van der Waals surface area (Å²) in [5, 5.41) is 7.24. The summed E-state index contributed by atoms with van der Waals surface area (Å²) in [7, 11) is 0.634. The Morgan fingerprint density at radius 1 is 1.40 bits per heavy atom. The van der Waals surface area contributed by atoms with Gasteiger partial charge in [-0.15, -0.1) is 0 Å². The van der Waals surface area contributed by atoms with Crippen molar-refractivity contribution in [2.75, 3.05) is 13.1 Å². The van der Waals surface area contributed by atoms with Crippen molar-refractivity contribution < 1.29 is 2.77 Å². The van der Waals surface area contributed by atoms with Gasteiger partial charge in [-0.05, 0) is 0 Å². The quantitative estimate of drug-likeness (QED) is 0.769. The molecule has 79 valence electrons. The van der Waals surface area contributed by atoms with Crippen LogP contribution in [0.4, 0.5) is 0 Å². The van der Waals surface area contributed by atoms with Gasteiger partial charge in [0, 0.05) is 0 Å². The standard InChI is InChI=1S/C10H13N2OP.Po/c1-10(6-12(7-10)14-11)8-2-4-9(13)5-3-8;/h2-5,11,13H,6-7H2,1H3;/q;+1/p-1. The molecule has 1 saturated heterocycles. The second-order valence-electron chi connectivity index (χ2n) is 4.09. The molecule has 0 amide bonds. The molecule has 1 heterocycles. The number of nitrogens with zero attached hydrogens (tertiary/aromatic N) is 1. The third kappa shape index (κ3) is 2.23. The van der Waals surface area contributed by atoms with E-state index in [0.717, 1.165) is 44.3 Å². The van der Waals surface area contributed by atoms with Gasteiger partial charge in [0.1, 0.15) is 0 Å². The molecular weight excluding hydrogens is 404 g/mol. The summed E-state index contributed by atoms with van der Waals surface area (Å²) in [5.41, 5.74) is 1.57. The molecule has 0 spiro atoms. The molecule has 0 aliphatic carbocycles. The summed E-state index contributed by atoms with van der Waals surface area (Å²) in [5.74, 6) is 0.937. The predicted molar refractivity (Wildman–Crippen MR) is 61.4 cm³/mol. The molecule has 1 N–H and O–H groups in total. The average Bonchev–Trinajstić information content (AvgIpc) is 2.25. The van der Waals surface area contributed by atoms with Gasteiger partial charge >= 0.3 is 108 Å². The maximum absolute atomic E-state index is 7.24. The second-order valence-corrected chi connectivity index (χ2v) is 5.50. The Morgan fingerprint density at radius 2 is 2.00 bits per heavy atom. The van der Waals surface area contributed by atoms with Gasteiger partial charge in [-0.3, -0.25) is 0 Å². The third-order valence-electron chi connectivity index (χ3n) is 2.85. The molecule has 1 aromatic carbocycles. The molecule has 1 aliphatic heterocycles. The van der Waals surface area contributed by atoms with Crippen LogP contribution in [-0.2, 0) is 5.41 Å². The summed E-state index contributed by atoms with van der Waals surface area (Å²) in [6, 6.07) is 8.32. The topological polar surface area (TPSA) is 36.3 Å². The van der Waals surface area contributed by atoms with Gasteiger partial charge in [-0.25, -0.2) is 0 Å². The van der Waals surface area contributed by atoms with Crippen LogP contribution in [0.1, 0.15) is 12.5 Å². The fraction of sp³-hybridized carbons (Fsp3) is 0.400. The first kappa shape index (κ1) is 11.5. The van der Waals surface area contributed by atoms with Crippen molar-refractivity contribution in [1.82, 2.24) is 4.67 Å². The van der Waals surface area contributed by atoms with Gasteiger partial charge in [-0.2, -0.15) is 0 Å². The Balaban J connectivity index is 2.13. The SMILES string of the molecule is CC1(c2ccc([O][Po])cc2)CN(P=N)C1. The van der Waals surface area contributed by atoms with Gasteiger partial charge in [0.15, 0.2) is 0 Å². The van der Waals surface area contributed by atoms with Crippen molar-refractivity contribution in [2.24, 2.45) is 0 Å². The van der Waals surface area contributed by atoms with Crippen molar-refractivity contribution in [3.63, 3.8) is 0 Å². The van der Waals surface area contributed by atoms with Crippen LogP contribution < -0.4 is 2.77 Å². The summed E-state index contributed by atoms with van der Waals surface area (Å²) >= 11 is 1.12. The minimum atomic E-state index is 0.229. The summed E-state index contributed by atoms with van der Waals surface area (Å²) in [4.78, 5) is 0. The third-order valence-corrected chi connectivity index (χ3v) is 4.17. The second kappa shape index (κ2) is 4.46. The number of nitrogens with one attached hydrogen (secondary N) is 1. The van der Waals surface area contributed by atoms with Crippen molar-refractivity contribution in [2.45, 2.75) is 12.3 Å². The molecule has 0 bridgehead atoms. The fourth-order valence-corrected chi connectivity index (χ4v) is 3.12. The first-order valence-electron chi connectivity index (χ1n) is 4.71. The Hall–Kier alpha value is -0.0239. The van der Waals surface area contributed by atoms with Crippen LogP contribution in [0.15, 0.2) is 24.3 Å². The van der Waals surface area contributed by atoms with Crippen LogP contribution in [0.5, 0.6) is 5.75 Å². The minimum absolute atomic E-state index is 0.229. The van der Waals surface area contributed by atoms with Crippen LogP contribution in [0.25, 0.3) is 0 Å². The number of hydrogen-bond acceptors (Lipinski definition) is 2. The van der Waals surface area contributed by atoms with Gasteiger partial charge in [-0.1, -0.05) is 0 Å². The molecule has 1 aromatic rings. The number of rotatable bonds is 3. The van der Waals surface area contributed by atoms with Gasteiger partial charge < -0.3 is 0 Å². The summed E-state index contributed by atoms with van der Waals surface area (Å²) in [6.07, 6.45) is 0. The van der Waals surface area contributed by atoms with E-state index in [4.69, 9.17) is 7.93 Å². The molecular formula is C10H12N2OPPo. The predicted octanol–water partition coefficient (Wildman–Crippen LogP) is 2.35. The van der Waals surface area contributed by atoms with Crippen molar-refractivity contribution in [3.05, 3.63) is 29.8 Å². The van der Waals surface area contributed by atoms with E-state index >= 15 is 0 Å². The molecule has 1 fully saturated rings. The zero-order valence-electron chi connectivity index (χ0n) is 8.43. The molecule has 3 nitrogen and oxygen atoms in total. The van der Waals surface area contributed by atoms with Crippen LogP contribution >= 0.6 is 8.52 Å². The van der Waals surface area contributed by atoms with Crippen LogP contribution in [-0.4, -0.2) is 43.3 Å². The van der Waals surface area contributed by atoms with Crippen LogP contribution in [0.2, 0.25) is 0 Å². The van der Waals surface area contributed by atoms with E-state index < -0.39 is 0 Å².